The second-order valence-electron chi connectivity index (χ2n) is 5.42. The average Bonchev–Trinajstić information content (AvgIpc) is 2.34. The monoisotopic (exact) mass is 400 g/mol. The number of halogens is 1. The molecule has 1 fully saturated rings. The van der Waals surface area contributed by atoms with Crippen LogP contribution in [0.4, 0.5) is 4.79 Å². The first-order chi connectivity index (χ1) is 8.83. The summed E-state index contributed by atoms with van der Waals surface area (Å²) in [6.45, 7) is 8.20. The van der Waals surface area contributed by atoms with E-state index in [9.17, 15) is 4.79 Å². The van der Waals surface area contributed by atoms with Crippen molar-refractivity contribution >= 4 is 36.0 Å². The molecule has 0 atom stereocenters. The molecule has 0 unspecified atom stereocenters. The molecule has 1 amide bonds. The lowest BCUT2D eigenvalue weighted by atomic mass is 10.2. The highest BCUT2D eigenvalue weighted by Crippen LogP contribution is 2.11. The molecule has 1 aliphatic heterocycles. The minimum absolute atomic E-state index is 0. The van der Waals surface area contributed by atoms with Crippen molar-refractivity contribution in [3.05, 3.63) is 0 Å². The number of piperazine rings is 1. The van der Waals surface area contributed by atoms with Crippen LogP contribution in [0, 0.1) is 0 Å². The average molecular weight is 400 g/mol. The molecule has 0 radical (unpaired) electrons. The number of nitrogens with zero attached hydrogens (tertiary/aromatic N) is 3. The van der Waals surface area contributed by atoms with Crippen LogP contribution < -0.4 is 5.73 Å². The van der Waals surface area contributed by atoms with Crippen LogP contribution >= 0.6 is 24.0 Å². The number of guanidine groups is 1. The van der Waals surface area contributed by atoms with E-state index in [0.29, 0.717) is 38.7 Å². The number of aliphatic hydroxyl groups excluding tert-OH is 1. The first kappa shape index (κ1) is 19.2. The van der Waals surface area contributed by atoms with Gasteiger partial charge in [-0.3, -0.25) is 4.99 Å². The number of rotatable bonds is 2. The van der Waals surface area contributed by atoms with Crippen LogP contribution in [0.15, 0.2) is 4.99 Å². The third-order valence-electron chi connectivity index (χ3n) is 2.63. The van der Waals surface area contributed by atoms with E-state index in [0.717, 1.165) is 0 Å². The molecule has 0 aromatic heterocycles. The summed E-state index contributed by atoms with van der Waals surface area (Å²) in [7, 11) is 0. The maximum Gasteiger partial charge on any atom is 0.410 e. The van der Waals surface area contributed by atoms with E-state index >= 15 is 0 Å². The Morgan fingerprint density at radius 3 is 2.20 bits per heavy atom. The fraction of sp³-hybridized carbons (Fsp3) is 0.833. The lowest BCUT2D eigenvalue weighted by molar-refractivity contribution is 0.0186. The Hall–Kier alpha value is -0.770. The van der Waals surface area contributed by atoms with E-state index in [4.69, 9.17) is 15.6 Å². The molecule has 118 valence electrons. The Morgan fingerprint density at radius 1 is 1.25 bits per heavy atom. The van der Waals surface area contributed by atoms with Crippen LogP contribution in [0.25, 0.3) is 0 Å². The zero-order chi connectivity index (χ0) is 14.5. The van der Waals surface area contributed by atoms with Gasteiger partial charge >= 0.3 is 6.09 Å². The molecule has 0 bridgehead atoms. The van der Waals surface area contributed by atoms with Crippen LogP contribution in [0.2, 0.25) is 0 Å². The minimum Gasteiger partial charge on any atom is -0.444 e. The van der Waals surface area contributed by atoms with E-state index in [1.54, 1.807) is 4.90 Å². The van der Waals surface area contributed by atoms with Gasteiger partial charge in [0.05, 0.1) is 13.2 Å². The number of hydrogen-bond acceptors (Lipinski definition) is 4. The summed E-state index contributed by atoms with van der Waals surface area (Å²) < 4.78 is 5.31. The molecule has 1 saturated heterocycles. The molecule has 0 saturated carbocycles. The van der Waals surface area contributed by atoms with Crippen molar-refractivity contribution in [2.45, 2.75) is 26.4 Å². The second-order valence-corrected chi connectivity index (χ2v) is 5.42. The highest BCUT2D eigenvalue weighted by atomic mass is 127. The maximum atomic E-state index is 11.9. The number of hydrogen-bond donors (Lipinski definition) is 2. The standard InChI is InChI=1S/C12H24N4O3.HI/c1-12(2,3)19-11(18)16-7-5-15(6-8-16)10(13)14-4-9-17;/h17H,4-9H2,1-3H3,(H2,13,14);1H. The van der Waals surface area contributed by atoms with Gasteiger partial charge < -0.3 is 25.4 Å². The van der Waals surface area contributed by atoms with Crippen molar-refractivity contribution in [2.24, 2.45) is 10.7 Å². The van der Waals surface area contributed by atoms with E-state index in [1.807, 2.05) is 25.7 Å². The normalized spacial score (nSPS) is 16.7. The highest BCUT2D eigenvalue weighted by molar-refractivity contribution is 14.0. The third kappa shape index (κ3) is 6.60. The highest BCUT2D eigenvalue weighted by Gasteiger charge is 2.26. The van der Waals surface area contributed by atoms with Crippen LogP contribution in [-0.4, -0.2) is 71.9 Å². The van der Waals surface area contributed by atoms with E-state index in [1.165, 1.54) is 0 Å². The Morgan fingerprint density at radius 2 is 1.75 bits per heavy atom. The summed E-state index contributed by atoms with van der Waals surface area (Å²) in [5.41, 5.74) is 5.31. The van der Waals surface area contributed by atoms with E-state index < -0.39 is 5.60 Å². The van der Waals surface area contributed by atoms with Gasteiger partial charge in [-0.1, -0.05) is 0 Å². The predicted molar refractivity (Wildman–Crippen MR) is 88.4 cm³/mol. The topological polar surface area (TPSA) is 91.4 Å². The van der Waals surface area contributed by atoms with Gasteiger partial charge in [-0.05, 0) is 20.8 Å². The molecule has 0 aliphatic carbocycles. The zero-order valence-corrected chi connectivity index (χ0v) is 14.7. The third-order valence-corrected chi connectivity index (χ3v) is 2.63. The van der Waals surface area contributed by atoms with Crippen LogP contribution in [0.3, 0.4) is 0 Å². The van der Waals surface area contributed by atoms with Crippen molar-refractivity contribution in [1.29, 1.82) is 0 Å². The summed E-state index contributed by atoms with van der Waals surface area (Å²) >= 11 is 0. The smallest absolute Gasteiger partial charge is 0.410 e. The van der Waals surface area contributed by atoms with Gasteiger partial charge in [0.2, 0.25) is 0 Å². The second kappa shape index (κ2) is 8.50. The molecule has 1 aliphatic rings. The van der Waals surface area contributed by atoms with Gasteiger partial charge in [0.15, 0.2) is 5.96 Å². The summed E-state index contributed by atoms with van der Waals surface area (Å²) in [6, 6.07) is 0. The Labute approximate surface area is 137 Å². The van der Waals surface area contributed by atoms with Gasteiger partial charge in [-0.15, -0.1) is 24.0 Å². The molecular formula is C12H25IN4O3. The van der Waals surface area contributed by atoms with Crippen LogP contribution in [-0.2, 0) is 4.74 Å². The largest absolute Gasteiger partial charge is 0.444 e. The van der Waals surface area contributed by atoms with E-state index in [2.05, 4.69) is 4.99 Å². The predicted octanol–water partition coefficient (Wildman–Crippen LogP) is 0.464. The van der Waals surface area contributed by atoms with Crippen molar-refractivity contribution in [1.82, 2.24) is 9.80 Å². The Bertz CT molecular complexity index is 336. The van der Waals surface area contributed by atoms with Crippen LogP contribution in [0.1, 0.15) is 20.8 Å². The minimum atomic E-state index is -0.476. The Kier molecular flexibility index (Phi) is 8.17. The summed E-state index contributed by atoms with van der Waals surface area (Å²) in [5.74, 6) is 0.415. The summed E-state index contributed by atoms with van der Waals surface area (Å²) in [6.07, 6.45) is -0.294. The molecule has 7 nitrogen and oxygen atoms in total. The first-order valence-corrected chi connectivity index (χ1v) is 6.47. The van der Waals surface area contributed by atoms with Crippen molar-refractivity contribution in [3.63, 3.8) is 0 Å². The molecule has 0 spiro atoms. The van der Waals surface area contributed by atoms with E-state index in [-0.39, 0.29) is 36.7 Å². The van der Waals surface area contributed by atoms with Gasteiger partial charge in [0, 0.05) is 26.2 Å². The van der Waals surface area contributed by atoms with Crippen LogP contribution in [0.5, 0.6) is 0 Å². The number of nitrogens with two attached hydrogens (primary N) is 1. The first-order valence-electron chi connectivity index (χ1n) is 6.47. The quantitative estimate of drug-likeness (QED) is 0.400. The van der Waals surface area contributed by atoms with Gasteiger partial charge in [-0.25, -0.2) is 4.79 Å². The summed E-state index contributed by atoms with van der Waals surface area (Å²) in [4.78, 5) is 19.5. The maximum absolute atomic E-state index is 11.9. The fourth-order valence-electron chi connectivity index (χ4n) is 1.71. The molecule has 8 heteroatoms. The van der Waals surface area contributed by atoms with Gasteiger partial charge in [0.1, 0.15) is 5.60 Å². The van der Waals surface area contributed by atoms with Gasteiger partial charge in [0.25, 0.3) is 0 Å². The molecule has 0 aromatic rings. The SMILES string of the molecule is CC(C)(C)OC(=O)N1CCN(C(N)=NCCO)CC1.I. The van der Waals surface area contributed by atoms with Gasteiger partial charge in [-0.2, -0.15) is 0 Å². The number of amides is 1. The van der Waals surface area contributed by atoms with Crippen molar-refractivity contribution in [3.8, 4) is 0 Å². The lowest BCUT2D eigenvalue weighted by Gasteiger charge is -2.36. The molecule has 1 rings (SSSR count). The zero-order valence-electron chi connectivity index (χ0n) is 12.3. The van der Waals surface area contributed by atoms with Crippen molar-refractivity contribution < 1.29 is 14.6 Å². The lowest BCUT2D eigenvalue weighted by Crippen LogP contribution is -2.53. The molecule has 0 aromatic carbocycles. The molecule has 1 heterocycles. The molecule has 20 heavy (non-hydrogen) atoms. The number of carbonyl (C=O) groups excluding carboxylic acids is 1. The number of aliphatic hydroxyl groups is 1. The number of carbonyl (C=O) groups is 1. The molecule has 3 N–H and O–H groups in total. The Balaban J connectivity index is 0.00000361. The summed E-state index contributed by atoms with van der Waals surface area (Å²) in [5, 5.41) is 8.69. The number of aliphatic imine (C=N–C) groups is 1. The van der Waals surface area contributed by atoms with Crippen molar-refractivity contribution in [2.75, 3.05) is 39.3 Å². The molecular weight excluding hydrogens is 375 g/mol. The number of ether oxygens (including phenoxy) is 1. The fourth-order valence-corrected chi connectivity index (χ4v) is 1.71.